The first-order valence-corrected chi connectivity index (χ1v) is 5.59. The summed E-state index contributed by atoms with van der Waals surface area (Å²) in [6, 6.07) is 6.47. The van der Waals surface area contributed by atoms with Crippen molar-refractivity contribution in [1.82, 2.24) is 19.6 Å². The maximum absolute atomic E-state index is 13.7. The van der Waals surface area contributed by atoms with Gasteiger partial charge in [0.15, 0.2) is 5.82 Å². The van der Waals surface area contributed by atoms with Crippen LogP contribution in [-0.2, 0) is 6.54 Å². The van der Waals surface area contributed by atoms with E-state index in [1.807, 2.05) is 6.92 Å². The maximum Gasteiger partial charge on any atom is 0.251 e. The second-order valence-electron chi connectivity index (χ2n) is 4.04. The summed E-state index contributed by atoms with van der Waals surface area (Å²) in [5, 5.41) is 3.02. The molecule has 3 N–H and O–H groups in total. The number of benzene rings is 1. The molecule has 0 aliphatic heterocycles. The van der Waals surface area contributed by atoms with Crippen LogP contribution < -0.4 is 5.73 Å². The summed E-state index contributed by atoms with van der Waals surface area (Å²) in [5.74, 6) is 0.636. The maximum atomic E-state index is 13.7. The van der Waals surface area contributed by atoms with E-state index in [2.05, 4.69) is 15.1 Å². The number of H-pyrrole nitrogens is 1. The molecule has 0 aliphatic rings. The molecule has 0 saturated heterocycles. The van der Waals surface area contributed by atoms with E-state index in [0.29, 0.717) is 23.7 Å². The number of nitrogens with two attached hydrogens (primary N) is 1. The number of fused-ring (bicyclic) bond motifs is 1. The number of nitrogens with zero attached hydrogens (tertiary/aromatic N) is 3. The highest BCUT2D eigenvalue weighted by molar-refractivity contribution is 5.58. The van der Waals surface area contributed by atoms with E-state index in [-0.39, 0.29) is 5.82 Å². The first-order valence-electron chi connectivity index (χ1n) is 5.59. The van der Waals surface area contributed by atoms with E-state index < -0.39 is 0 Å². The first kappa shape index (κ1) is 10.9. The van der Waals surface area contributed by atoms with Gasteiger partial charge in [0, 0.05) is 6.54 Å². The predicted molar refractivity (Wildman–Crippen MR) is 65.4 cm³/mol. The lowest BCUT2D eigenvalue weighted by atomic mass is 10.2. The van der Waals surface area contributed by atoms with Crippen LogP contribution in [0.3, 0.4) is 0 Å². The Morgan fingerprint density at radius 3 is 2.83 bits per heavy atom. The highest BCUT2D eigenvalue weighted by Gasteiger charge is 2.14. The number of aromatic amines is 1. The molecular formula is C12H12FN5. The minimum atomic E-state index is -0.319. The van der Waals surface area contributed by atoms with E-state index in [1.54, 1.807) is 22.7 Å². The molecule has 0 unspecified atom stereocenters. The quantitative estimate of drug-likeness (QED) is 0.720. The zero-order valence-electron chi connectivity index (χ0n) is 9.81. The van der Waals surface area contributed by atoms with Crippen molar-refractivity contribution in [1.29, 1.82) is 0 Å². The Morgan fingerprint density at radius 1 is 1.33 bits per heavy atom. The van der Waals surface area contributed by atoms with Gasteiger partial charge in [-0.3, -0.25) is 5.10 Å². The Morgan fingerprint density at radius 2 is 2.11 bits per heavy atom. The lowest BCUT2D eigenvalue weighted by Gasteiger charge is -1.98. The zero-order chi connectivity index (χ0) is 12.7. The van der Waals surface area contributed by atoms with Crippen LogP contribution in [0.2, 0.25) is 0 Å². The van der Waals surface area contributed by atoms with E-state index >= 15 is 0 Å². The summed E-state index contributed by atoms with van der Waals surface area (Å²) in [6.07, 6.45) is 0. The van der Waals surface area contributed by atoms with Crippen molar-refractivity contribution >= 4 is 5.78 Å². The average Bonchev–Trinajstić information content (AvgIpc) is 2.86. The molecular weight excluding hydrogens is 233 g/mol. The Labute approximate surface area is 102 Å². The van der Waals surface area contributed by atoms with Gasteiger partial charge in [0.1, 0.15) is 5.82 Å². The van der Waals surface area contributed by atoms with Gasteiger partial charge in [-0.05, 0) is 19.1 Å². The van der Waals surface area contributed by atoms with Crippen LogP contribution in [0, 0.1) is 12.7 Å². The van der Waals surface area contributed by atoms with Crippen molar-refractivity contribution in [2.45, 2.75) is 13.5 Å². The molecule has 2 aromatic heterocycles. The third-order valence-electron chi connectivity index (χ3n) is 2.91. The Balaban J connectivity index is 2.20. The van der Waals surface area contributed by atoms with Crippen LogP contribution in [0.15, 0.2) is 24.3 Å². The number of nitrogens with one attached hydrogen (secondary N) is 1. The van der Waals surface area contributed by atoms with Crippen molar-refractivity contribution in [2.75, 3.05) is 0 Å². The van der Waals surface area contributed by atoms with Gasteiger partial charge in [-0.2, -0.15) is 4.98 Å². The van der Waals surface area contributed by atoms with E-state index in [1.165, 1.54) is 6.07 Å². The Bertz CT molecular complexity index is 712. The summed E-state index contributed by atoms with van der Waals surface area (Å²) in [6.45, 7) is 2.22. The van der Waals surface area contributed by atoms with Crippen molar-refractivity contribution in [3.63, 3.8) is 0 Å². The van der Waals surface area contributed by atoms with E-state index in [0.717, 1.165) is 11.4 Å². The second-order valence-corrected chi connectivity index (χ2v) is 4.04. The van der Waals surface area contributed by atoms with Crippen LogP contribution in [0.4, 0.5) is 4.39 Å². The van der Waals surface area contributed by atoms with Crippen LogP contribution in [0.25, 0.3) is 17.2 Å². The van der Waals surface area contributed by atoms with Crippen molar-refractivity contribution < 1.29 is 4.39 Å². The number of rotatable bonds is 2. The molecule has 0 saturated carbocycles. The molecule has 92 valence electrons. The summed E-state index contributed by atoms with van der Waals surface area (Å²) < 4.78 is 15.3. The number of aromatic nitrogens is 4. The molecule has 18 heavy (non-hydrogen) atoms. The monoisotopic (exact) mass is 245 g/mol. The summed E-state index contributed by atoms with van der Waals surface area (Å²) in [4.78, 5) is 8.55. The topological polar surface area (TPSA) is 72.0 Å². The second kappa shape index (κ2) is 3.92. The molecule has 3 rings (SSSR count). The van der Waals surface area contributed by atoms with Gasteiger partial charge in [-0.1, -0.05) is 12.1 Å². The highest BCUT2D eigenvalue weighted by atomic mass is 19.1. The summed E-state index contributed by atoms with van der Waals surface area (Å²) in [5.41, 5.74) is 7.75. The van der Waals surface area contributed by atoms with Gasteiger partial charge in [0.2, 0.25) is 0 Å². The lowest BCUT2D eigenvalue weighted by Crippen LogP contribution is -2.03. The molecule has 1 aromatic carbocycles. The first-order chi connectivity index (χ1) is 8.70. The highest BCUT2D eigenvalue weighted by Crippen LogP contribution is 2.20. The minimum Gasteiger partial charge on any atom is -0.325 e. The van der Waals surface area contributed by atoms with Crippen LogP contribution >= 0.6 is 0 Å². The van der Waals surface area contributed by atoms with Gasteiger partial charge < -0.3 is 5.73 Å². The number of halogens is 1. The van der Waals surface area contributed by atoms with Gasteiger partial charge in [0.05, 0.1) is 17.0 Å². The summed E-state index contributed by atoms with van der Waals surface area (Å²) in [7, 11) is 0. The fourth-order valence-corrected chi connectivity index (χ4v) is 1.98. The standard InChI is InChI=1S/C12H12FN5/c1-7-10(6-14)18-12(15-7)16-11(17-18)8-4-2-3-5-9(8)13/h2-5H,6,14H2,1H3,(H,15,16,17). The smallest absolute Gasteiger partial charge is 0.251 e. The van der Waals surface area contributed by atoms with Crippen molar-refractivity contribution in [3.05, 3.63) is 41.5 Å². The molecule has 0 aliphatic carbocycles. The fraction of sp³-hybridized carbons (Fsp3) is 0.167. The molecule has 0 bridgehead atoms. The number of hydrogen-bond donors (Lipinski definition) is 2. The van der Waals surface area contributed by atoms with Crippen LogP contribution in [-0.4, -0.2) is 19.6 Å². The van der Waals surface area contributed by atoms with Gasteiger partial charge in [-0.25, -0.2) is 13.9 Å². The average molecular weight is 245 g/mol. The molecule has 0 fully saturated rings. The molecule has 5 nitrogen and oxygen atoms in total. The van der Waals surface area contributed by atoms with E-state index in [4.69, 9.17) is 5.73 Å². The summed E-state index contributed by atoms with van der Waals surface area (Å²) >= 11 is 0. The predicted octanol–water partition coefficient (Wildman–Crippen LogP) is 1.63. The Hall–Kier alpha value is -2.21. The lowest BCUT2D eigenvalue weighted by molar-refractivity contribution is 0.630. The number of imidazole rings is 1. The van der Waals surface area contributed by atoms with Gasteiger partial charge in [-0.15, -0.1) is 0 Å². The normalized spacial score (nSPS) is 11.3. The van der Waals surface area contributed by atoms with Gasteiger partial charge >= 0.3 is 0 Å². The molecule has 2 heterocycles. The minimum absolute atomic E-state index is 0.319. The molecule has 0 spiro atoms. The van der Waals surface area contributed by atoms with Crippen molar-refractivity contribution in [3.8, 4) is 11.4 Å². The molecule has 0 amide bonds. The SMILES string of the molecule is Cc1nc2nc(-c3ccccc3F)[nH]n2c1CN. The molecule has 0 atom stereocenters. The molecule has 3 aromatic rings. The van der Waals surface area contributed by atoms with Crippen molar-refractivity contribution in [2.24, 2.45) is 5.73 Å². The molecule has 6 heteroatoms. The fourth-order valence-electron chi connectivity index (χ4n) is 1.98. The third-order valence-corrected chi connectivity index (χ3v) is 2.91. The zero-order valence-corrected chi connectivity index (χ0v) is 9.81. The van der Waals surface area contributed by atoms with Gasteiger partial charge in [0.25, 0.3) is 5.78 Å². The Kier molecular flexibility index (Phi) is 2.38. The third kappa shape index (κ3) is 1.50. The van der Waals surface area contributed by atoms with Crippen LogP contribution in [0.5, 0.6) is 0 Å². The number of aryl methyl sites for hydroxylation is 1. The number of hydrogen-bond acceptors (Lipinski definition) is 3. The molecule has 0 radical (unpaired) electrons. The largest absolute Gasteiger partial charge is 0.325 e. The van der Waals surface area contributed by atoms with Crippen LogP contribution in [0.1, 0.15) is 11.4 Å². The van der Waals surface area contributed by atoms with E-state index in [9.17, 15) is 4.39 Å².